The summed E-state index contributed by atoms with van der Waals surface area (Å²) in [7, 11) is 1.77. The Morgan fingerprint density at radius 2 is 2.10 bits per heavy atom. The molecule has 1 aromatic rings. The van der Waals surface area contributed by atoms with Gasteiger partial charge in [-0.3, -0.25) is 14.7 Å². The number of primary amides is 1. The van der Waals surface area contributed by atoms with E-state index in [0.29, 0.717) is 19.1 Å². The van der Waals surface area contributed by atoms with Gasteiger partial charge in [-0.2, -0.15) is 0 Å². The van der Waals surface area contributed by atoms with Crippen LogP contribution in [-0.2, 0) is 22.6 Å². The molecule has 168 valence electrons. The number of ether oxygens (including phenoxy) is 1. The van der Waals surface area contributed by atoms with Gasteiger partial charge in [-0.15, -0.1) is 0 Å². The smallest absolute Gasteiger partial charge is 0.221 e. The van der Waals surface area contributed by atoms with E-state index in [1.807, 2.05) is 0 Å². The van der Waals surface area contributed by atoms with Gasteiger partial charge in [0.2, 0.25) is 5.91 Å². The fraction of sp³-hybridized carbons (Fsp3) is 0.652. The first-order chi connectivity index (χ1) is 14.5. The maximum Gasteiger partial charge on any atom is 0.221 e. The fourth-order valence-electron chi connectivity index (χ4n) is 3.60. The third-order valence-electron chi connectivity index (χ3n) is 5.37. The van der Waals surface area contributed by atoms with E-state index in [4.69, 9.17) is 10.5 Å². The molecule has 0 spiro atoms. The first-order valence-electron chi connectivity index (χ1n) is 11.1. The molecule has 0 bridgehead atoms. The Kier molecular flexibility index (Phi) is 10.7. The Hall–Kier alpha value is -2.12. The number of aliphatic imine (C=N–C) groups is 1. The molecule has 30 heavy (non-hydrogen) atoms. The Balaban J connectivity index is 1.74. The lowest BCUT2D eigenvalue weighted by Crippen LogP contribution is -2.40. The highest BCUT2D eigenvalue weighted by atomic mass is 16.5. The molecular formula is C23H39N5O2. The van der Waals surface area contributed by atoms with Crippen molar-refractivity contribution in [2.75, 3.05) is 39.9 Å². The van der Waals surface area contributed by atoms with Gasteiger partial charge in [0, 0.05) is 39.8 Å². The van der Waals surface area contributed by atoms with E-state index in [-0.39, 0.29) is 11.8 Å². The average molecular weight is 418 g/mol. The van der Waals surface area contributed by atoms with Crippen molar-refractivity contribution in [2.45, 2.75) is 46.2 Å². The number of benzene rings is 1. The van der Waals surface area contributed by atoms with Gasteiger partial charge in [-0.05, 0) is 42.9 Å². The van der Waals surface area contributed by atoms with Crippen LogP contribution >= 0.6 is 0 Å². The highest BCUT2D eigenvalue weighted by Gasteiger charge is 2.23. The van der Waals surface area contributed by atoms with Crippen LogP contribution in [0.5, 0.6) is 0 Å². The third kappa shape index (κ3) is 9.13. The molecule has 0 radical (unpaired) electrons. The molecule has 0 aliphatic carbocycles. The summed E-state index contributed by atoms with van der Waals surface area (Å²) in [6.07, 6.45) is 3.02. The van der Waals surface area contributed by atoms with Crippen molar-refractivity contribution < 1.29 is 9.53 Å². The number of likely N-dealkylation sites (tertiary alicyclic amines) is 1. The zero-order valence-electron chi connectivity index (χ0n) is 18.8. The third-order valence-corrected chi connectivity index (χ3v) is 5.37. The minimum absolute atomic E-state index is 0.0210. The number of piperidine rings is 1. The molecule has 1 unspecified atom stereocenters. The van der Waals surface area contributed by atoms with E-state index in [2.05, 4.69) is 58.6 Å². The summed E-state index contributed by atoms with van der Waals surface area (Å²) in [6.45, 7) is 9.92. The molecule has 1 saturated heterocycles. The maximum absolute atomic E-state index is 11.5. The molecule has 0 aromatic heterocycles. The van der Waals surface area contributed by atoms with Gasteiger partial charge in [0.1, 0.15) is 0 Å². The second kappa shape index (κ2) is 13.2. The highest BCUT2D eigenvalue weighted by Crippen LogP contribution is 2.18. The average Bonchev–Trinajstić information content (AvgIpc) is 2.73. The fourth-order valence-corrected chi connectivity index (χ4v) is 3.60. The summed E-state index contributed by atoms with van der Waals surface area (Å²) < 4.78 is 5.63. The molecule has 1 heterocycles. The van der Waals surface area contributed by atoms with E-state index in [1.54, 1.807) is 7.05 Å². The lowest BCUT2D eigenvalue weighted by molar-refractivity contribution is -0.123. The van der Waals surface area contributed by atoms with Crippen molar-refractivity contribution in [2.24, 2.45) is 22.6 Å². The summed E-state index contributed by atoms with van der Waals surface area (Å²) in [4.78, 5) is 18.1. The van der Waals surface area contributed by atoms with Crippen LogP contribution in [0.25, 0.3) is 0 Å². The van der Waals surface area contributed by atoms with Crippen LogP contribution in [-0.4, -0.2) is 56.7 Å². The number of nitrogens with two attached hydrogens (primary N) is 1. The van der Waals surface area contributed by atoms with E-state index >= 15 is 0 Å². The Labute approximate surface area is 181 Å². The second-order valence-corrected chi connectivity index (χ2v) is 8.44. The monoisotopic (exact) mass is 417 g/mol. The van der Waals surface area contributed by atoms with Gasteiger partial charge >= 0.3 is 0 Å². The van der Waals surface area contributed by atoms with Crippen LogP contribution in [0.15, 0.2) is 29.3 Å². The quantitative estimate of drug-likeness (QED) is 0.291. The Morgan fingerprint density at radius 3 is 2.83 bits per heavy atom. The van der Waals surface area contributed by atoms with Gasteiger partial charge in [0.15, 0.2) is 5.96 Å². The van der Waals surface area contributed by atoms with E-state index in [1.165, 1.54) is 11.1 Å². The standard InChI is InChI=1S/C23H39N5O2/c1-18(2)9-12-30-13-10-26-23(25-3)27-15-19-6-4-7-20(14-19)16-28-11-5-8-21(17-28)22(24)29/h4,6-7,14,18,21H,5,8-13,15-17H2,1-3H3,(H2,24,29)(H2,25,26,27). The molecule has 1 aliphatic rings. The van der Waals surface area contributed by atoms with Crippen LogP contribution in [0.4, 0.5) is 0 Å². The number of nitrogens with zero attached hydrogens (tertiary/aromatic N) is 2. The summed E-state index contributed by atoms with van der Waals surface area (Å²) >= 11 is 0. The van der Waals surface area contributed by atoms with Gasteiger partial charge < -0.3 is 21.1 Å². The van der Waals surface area contributed by atoms with Crippen molar-refractivity contribution in [3.63, 3.8) is 0 Å². The maximum atomic E-state index is 11.5. The number of carbonyl (C=O) groups is 1. The van der Waals surface area contributed by atoms with Crippen molar-refractivity contribution in [3.8, 4) is 0 Å². The van der Waals surface area contributed by atoms with Crippen molar-refractivity contribution in [3.05, 3.63) is 35.4 Å². The molecule has 1 amide bonds. The zero-order chi connectivity index (χ0) is 21.8. The number of nitrogens with one attached hydrogen (secondary N) is 2. The number of carbonyl (C=O) groups excluding carboxylic acids is 1. The molecule has 4 N–H and O–H groups in total. The van der Waals surface area contributed by atoms with Crippen molar-refractivity contribution in [1.29, 1.82) is 0 Å². The summed E-state index contributed by atoms with van der Waals surface area (Å²) in [5.74, 6) is 1.24. The summed E-state index contributed by atoms with van der Waals surface area (Å²) in [5, 5.41) is 6.64. The minimum Gasteiger partial charge on any atom is -0.380 e. The molecule has 1 aliphatic heterocycles. The number of rotatable bonds is 11. The van der Waals surface area contributed by atoms with Crippen molar-refractivity contribution in [1.82, 2.24) is 15.5 Å². The minimum atomic E-state index is -0.179. The molecule has 7 heteroatoms. The molecule has 7 nitrogen and oxygen atoms in total. The number of hydrogen-bond donors (Lipinski definition) is 3. The second-order valence-electron chi connectivity index (χ2n) is 8.44. The Morgan fingerprint density at radius 1 is 1.30 bits per heavy atom. The summed E-state index contributed by atoms with van der Waals surface area (Å²) in [6, 6.07) is 8.55. The van der Waals surface area contributed by atoms with Crippen LogP contribution in [0.1, 0.15) is 44.2 Å². The highest BCUT2D eigenvalue weighted by molar-refractivity contribution is 5.79. The van der Waals surface area contributed by atoms with Gasteiger partial charge in [-0.1, -0.05) is 38.1 Å². The van der Waals surface area contributed by atoms with Crippen LogP contribution < -0.4 is 16.4 Å². The van der Waals surface area contributed by atoms with Crippen LogP contribution in [0, 0.1) is 11.8 Å². The molecule has 1 fully saturated rings. The predicted molar refractivity (Wildman–Crippen MR) is 122 cm³/mol. The predicted octanol–water partition coefficient (Wildman–Crippen LogP) is 2.11. The normalized spacial score (nSPS) is 17.9. The summed E-state index contributed by atoms with van der Waals surface area (Å²) in [5.41, 5.74) is 7.95. The van der Waals surface area contributed by atoms with Crippen LogP contribution in [0.3, 0.4) is 0 Å². The Bertz CT molecular complexity index is 677. The lowest BCUT2D eigenvalue weighted by atomic mass is 9.97. The molecular weight excluding hydrogens is 378 g/mol. The van der Waals surface area contributed by atoms with Crippen LogP contribution in [0.2, 0.25) is 0 Å². The molecule has 0 saturated carbocycles. The number of amides is 1. The van der Waals surface area contributed by atoms with E-state index in [9.17, 15) is 4.79 Å². The largest absolute Gasteiger partial charge is 0.380 e. The molecule has 1 aromatic carbocycles. The first-order valence-corrected chi connectivity index (χ1v) is 11.1. The zero-order valence-corrected chi connectivity index (χ0v) is 18.8. The topological polar surface area (TPSA) is 92.0 Å². The number of hydrogen-bond acceptors (Lipinski definition) is 4. The van der Waals surface area contributed by atoms with Gasteiger partial charge in [0.25, 0.3) is 0 Å². The van der Waals surface area contributed by atoms with Crippen molar-refractivity contribution >= 4 is 11.9 Å². The molecule has 1 atom stereocenters. The molecule has 2 rings (SSSR count). The SMILES string of the molecule is CN=C(NCCOCCC(C)C)NCc1cccc(CN2CCCC(C(N)=O)C2)c1. The number of guanidine groups is 1. The lowest BCUT2D eigenvalue weighted by Gasteiger charge is -2.31. The van der Waals surface area contributed by atoms with Gasteiger partial charge in [0.05, 0.1) is 12.5 Å². The first kappa shape index (κ1) is 24.2. The van der Waals surface area contributed by atoms with Gasteiger partial charge in [-0.25, -0.2) is 0 Å². The van der Waals surface area contributed by atoms with E-state index in [0.717, 1.165) is 58.0 Å². The van der Waals surface area contributed by atoms with E-state index < -0.39 is 0 Å².